The molecule has 9 heavy (non-hydrogen) atoms. The first kappa shape index (κ1) is 6.64. The first-order valence-corrected chi connectivity index (χ1v) is 3.49. The lowest BCUT2D eigenvalue weighted by atomic mass is 10.2. The maximum Gasteiger partial charge on any atom is 0.0851 e. The van der Waals surface area contributed by atoms with Crippen LogP contribution >= 0.6 is 11.8 Å². The Balaban J connectivity index is 2.51. The van der Waals surface area contributed by atoms with Crippen molar-refractivity contribution in [2.45, 2.75) is 10.6 Å². The smallest absolute Gasteiger partial charge is 0.0851 e. The van der Waals surface area contributed by atoms with E-state index in [1.807, 2.05) is 0 Å². The summed E-state index contributed by atoms with van der Waals surface area (Å²) < 4.78 is 0. The third kappa shape index (κ3) is 1.25. The van der Waals surface area contributed by atoms with E-state index in [0.717, 1.165) is 12.5 Å². The Kier molecular flexibility index (Phi) is 1.78. The Bertz CT molecular complexity index is 157. The van der Waals surface area contributed by atoms with Crippen molar-refractivity contribution >= 4 is 18.0 Å². The summed E-state index contributed by atoms with van der Waals surface area (Å²) in [5.74, 6) is 0. The Hall–Kier alpha value is -0.480. The van der Waals surface area contributed by atoms with Crippen molar-refractivity contribution in [1.29, 1.82) is 5.41 Å². The summed E-state index contributed by atoms with van der Waals surface area (Å²) in [6.45, 7) is 0. The van der Waals surface area contributed by atoms with E-state index in [1.165, 1.54) is 0 Å². The summed E-state index contributed by atoms with van der Waals surface area (Å²) in [6.07, 6.45) is 2.07. The second-order valence-electron chi connectivity index (χ2n) is 1.79. The van der Waals surface area contributed by atoms with E-state index in [9.17, 15) is 0 Å². The van der Waals surface area contributed by atoms with Crippen LogP contribution in [0.4, 0.5) is 0 Å². The summed E-state index contributed by atoms with van der Waals surface area (Å²) in [5.41, 5.74) is 6.03. The van der Waals surface area contributed by atoms with Gasteiger partial charge in [-0.1, -0.05) is 0 Å². The summed E-state index contributed by atoms with van der Waals surface area (Å²) >= 11 is 1.55. The van der Waals surface area contributed by atoms with E-state index in [-0.39, 0.29) is 10.6 Å². The fourth-order valence-electron chi connectivity index (χ4n) is 0.585. The maximum atomic E-state index is 8.47. The van der Waals surface area contributed by atoms with Crippen molar-refractivity contribution in [1.82, 2.24) is 0 Å². The van der Waals surface area contributed by atoms with Crippen LogP contribution in [0.5, 0.6) is 0 Å². The van der Waals surface area contributed by atoms with Crippen LogP contribution in [0.25, 0.3) is 0 Å². The molecule has 0 aromatic heterocycles. The van der Waals surface area contributed by atoms with Gasteiger partial charge in [0, 0.05) is 11.8 Å². The van der Waals surface area contributed by atoms with Crippen LogP contribution in [0.2, 0.25) is 0 Å². The molecule has 1 rings (SSSR count). The zero-order valence-electron chi connectivity index (χ0n) is 4.74. The molecule has 0 amide bonds. The van der Waals surface area contributed by atoms with Crippen molar-refractivity contribution in [3.63, 3.8) is 0 Å². The van der Waals surface area contributed by atoms with Crippen molar-refractivity contribution in [2.75, 3.05) is 0 Å². The predicted octanol–water partition coefficient (Wildman–Crippen LogP) is 0.478. The number of nitrogens with two attached hydrogens (primary N) is 1. The van der Waals surface area contributed by atoms with Gasteiger partial charge in [-0.2, -0.15) is 0 Å². The Labute approximate surface area is 57.4 Å². The van der Waals surface area contributed by atoms with Gasteiger partial charge in [-0.3, -0.25) is 0 Å². The topological polar surface area (TPSA) is 70.1 Å². The molecule has 2 atom stereocenters. The van der Waals surface area contributed by atoms with Gasteiger partial charge < -0.3 is 16.2 Å². The molecule has 0 bridgehead atoms. The van der Waals surface area contributed by atoms with Crippen LogP contribution in [-0.4, -0.2) is 21.9 Å². The third-order valence-electron chi connectivity index (χ3n) is 1.17. The van der Waals surface area contributed by atoms with E-state index in [4.69, 9.17) is 16.2 Å². The summed E-state index contributed by atoms with van der Waals surface area (Å²) in [4.78, 5) is 0. The summed E-state index contributed by atoms with van der Waals surface area (Å²) in [6, 6.07) is 0. The summed E-state index contributed by atoms with van der Waals surface area (Å²) in [7, 11) is 0. The lowest BCUT2D eigenvalue weighted by Crippen LogP contribution is -2.07. The molecule has 0 aromatic carbocycles. The number of thioether (sulfide) groups is 1. The van der Waals surface area contributed by atoms with Gasteiger partial charge in [0.2, 0.25) is 0 Å². The van der Waals surface area contributed by atoms with Gasteiger partial charge in [0.25, 0.3) is 0 Å². The second-order valence-corrected chi connectivity index (χ2v) is 3.12. The highest BCUT2D eigenvalue weighted by atomic mass is 32.2. The molecule has 0 aliphatic carbocycles. The highest BCUT2D eigenvalue weighted by Crippen LogP contribution is 2.41. The standard InChI is InChI=1S/C5H8N2OS/c6-1-3(2-8)4-5(7)9-4/h1-2,4-6,8H,7H2/b3-2+,6-1?/t4-,5?/m1/s1. The van der Waals surface area contributed by atoms with Crippen molar-refractivity contribution in [3.8, 4) is 0 Å². The van der Waals surface area contributed by atoms with Crippen molar-refractivity contribution in [3.05, 3.63) is 11.8 Å². The fraction of sp³-hybridized carbons (Fsp3) is 0.400. The molecule has 4 heteroatoms. The minimum atomic E-state index is 0.0880. The van der Waals surface area contributed by atoms with Crippen LogP contribution in [0.3, 0.4) is 0 Å². The van der Waals surface area contributed by atoms with Gasteiger partial charge in [0.05, 0.1) is 16.9 Å². The molecule has 3 nitrogen and oxygen atoms in total. The molecule has 0 aromatic rings. The van der Waals surface area contributed by atoms with Gasteiger partial charge in [-0.15, -0.1) is 11.8 Å². The van der Waals surface area contributed by atoms with Crippen LogP contribution in [-0.2, 0) is 0 Å². The highest BCUT2D eigenvalue weighted by molar-refractivity contribution is 8.07. The first-order valence-electron chi connectivity index (χ1n) is 2.55. The van der Waals surface area contributed by atoms with E-state index in [0.29, 0.717) is 5.57 Å². The Morgan fingerprint density at radius 3 is 2.44 bits per heavy atom. The number of rotatable bonds is 2. The van der Waals surface area contributed by atoms with Gasteiger partial charge in [0.15, 0.2) is 0 Å². The zero-order chi connectivity index (χ0) is 6.85. The molecule has 1 fully saturated rings. The lowest BCUT2D eigenvalue weighted by Gasteiger charge is -1.89. The maximum absolute atomic E-state index is 8.47. The molecule has 1 aliphatic rings. The molecule has 0 spiro atoms. The van der Waals surface area contributed by atoms with Gasteiger partial charge >= 0.3 is 0 Å². The van der Waals surface area contributed by atoms with Crippen LogP contribution < -0.4 is 5.73 Å². The molecule has 1 unspecified atom stereocenters. The lowest BCUT2D eigenvalue weighted by molar-refractivity contribution is 0.469. The molecule has 0 saturated carbocycles. The van der Waals surface area contributed by atoms with Crippen LogP contribution in [0, 0.1) is 5.41 Å². The number of hydrogen-bond acceptors (Lipinski definition) is 4. The fourth-order valence-corrected chi connectivity index (χ4v) is 1.28. The van der Waals surface area contributed by atoms with Gasteiger partial charge in [-0.05, 0) is 0 Å². The Morgan fingerprint density at radius 1 is 1.78 bits per heavy atom. The monoisotopic (exact) mass is 144 g/mol. The number of nitrogens with one attached hydrogen (secondary N) is 1. The van der Waals surface area contributed by atoms with Crippen LogP contribution in [0.1, 0.15) is 0 Å². The third-order valence-corrected chi connectivity index (χ3v) is 2.30. The minimum absolute atomic E-state index is 0.0880. The highest BCUT2D eigenvalue weighted by Gasteiger charge is 2.37. The first-order chi connectivity index (χ1) is 4.29. The number of aliphatic hydroxyl groups is 1. The van der Waals surface area contributed by atoms with E-state index in [2.05, 4.69) is 0 Å². The average Bonchev–Trinajstić information content (AvgIpc) is 2.51. The molecule has 4 N–H and O–H groups in total. The molecule has 1 aliphatic heterocycles. The van der Waals surface area contributed by atoms with E-state index < -0.39 is 0 Å². The molecule has 1 heterocycles. The largest absolute Gasteiger partial charge is 0.515 e. The molecule has 50 valence electrons. The quantitative estimate of drug-likeness (QED) is 0.300. The molecular formula is C5H8N2OS. The number of hydrogen-bond donors (Lipinski definition) is 3. The minimum Gasteiger partial charge on any atom is -0.515 e. The van der Waals surface area contributed by atoms with Crippen molar-refractivity contribution < 1.29 is 5.11 Å². The van der Waals surface area contributed by atoms with Gasteiger partial charge in [0.1, 0.15) is 0 Å². The molecule has 1 saturated heterocycles. The predicted molar refractivity (Wildman–Crippen MR) is 38.8 cm³/mol. The van der Waals surface area contributed by atoms with E-state index >= 15 is 0 Å². The zero-order valence-corrected chi connectivity index (χ0v) is 5.56. The average molecular weight is 144 g/mol. The van der Waals surface area contributed by atoms with Gasteiger partial charge in [-0.25, -0.2) is 0 Å². The second kappa shape index (κ2) is 2.41. The Morgan fingerprint density at radius 2 is 2.33 bits per heavy atom. The molecular weight excluding hydrogens is 136 g/mol. The molecule has 0 radical (unpaired) electrons. The SMILES string of the molecule is N=C/C(=C\O)[C@H]1SC1N. The summed E-state index contributed by atoms with van der Waals surface area (Å²) in [5, 5.41) is 15.5. The van der Waals surface area contributed by atoms with Crippen LogP contribution in [0.15, 0.2) is 11.8 Å². The van der Waals surface area contributed by atoms with Crippen molar-refractivity contribution in [2.24, 2.45) is 5.73 Å². The van der Waals surface area contributed by atoms with E-state index in [1.54, 1.807) is 11.8 Å². The normalized spacial score (nSPS) is 34.1. The number of aliphatic hydroxyl groups excluding tert-OH is 1.